The number of aromatic amines is 5. The van der Waals surface area contributed by atoms with Crippen molar-refractivity contribution in [2.45, 2.75) is 52.2 Å². The number of H-pyrrole nitrogens is 5. The van der Waals surface area contributed by atoms with Crippen LogP contribution in [-0.4, -0.2) is 117 Å². The molecule has 130 heavy (non-hydrogen) atoms. The predicted octanol–water partition coefficient (Wildman–Crippen LogP) is 18.6. The molecule has 20 rings (SSSR count). The Hall–Kier alpha value is -16.5. The number of hydrogen-bond donors (Lipinski definition) is 6. The number of carbonyl (C=O) groups excluding carboxylic acids is 1. The molecule has 10 aromatic carbocycles. The van der Waals surface area contributed by atoms with Gasteiger partial charge in [0.1, 0.15) is 72.6 Å². The van der Waals surface area contributed by atoms with E-state index in [1.807, 2.05) is 222 Å². The molecule has 0 saturated carbocycles. The number of carbonyl (C=O) groups is 1. The number of para-hydroxylation sites is 5. The lowest BCUT2D eigenvalue weighted by molar-refractivity contribution is -0.130. The first kappa shape index (κ1) is 87.0. The third-order valence-electron chi connectivity index (χ3n) is 21.9. The smallest absolute Gasteiger partial charge is 0.275 e. The van der Waals surface area contributed by atoms with Crippen molar-refractivity contribution in [2.24, 2.45) is 0 Å². The summed E-state index contributed by atoms with van der Waals surface area (Å²) in [5, 5.41) is 3.16. The van der Waals surface area contributed by atoms with Gasteiger partial charge in [-0.25, -0.2) is 38.1 Å². The fraction of sp³-hybridized carbons (Fsp3) is 0.117. The summed E-state index contributed by atoms with van der Waals surface area (Å²) in [7, 11) is 7.88. The van der Waals surface area contributed by atoms with Crippen molar-refractivity contribution in [3.63, 3.8) is 0 Å². The minimum atomic E-state index is -0.704. The van der Waals surface area contributed by atoms with Crippen LogP contribution < -0.4 is 33.1 Å². The molecule has 24 nitrogen and oxygen atoms in total. The van der Waals surface area contributed by atoms with Gasteiger partial charge >= 0.3 is 0 Å². The van der Waals surface area contributed by atoms with Gasteiger partial charge in [-0.1, -0.05) is 190 Å². The SMILES string of the molecule is CCCCCC(=O)N(C)Cc1cccc(-c2cn(-c3ccccc3)c3c(=O)[nH]cnc23)c1.CN(C)Cc1cccc(-c2cn(-c3ccccc3)c3c(=O)[nH]cnc23)c1.CNCc1cccc(-c2cn(-c3ccccc3)c3c(=O)[nH]cnc23)c1.O=c1[nH]cnc2c(-c3c(F)cccc3F)cn(-c3ccccc3)c12.O=c1[nH]cnc2c(-c3ccccc3F)cn(-c3ccccc3)c12. The summed E-state index contributed by atoms with van der Waals surface area (Å²) in [5.41, 5.74) is 18.6. The molecule has 0 unspecified atom stereocenters. The van der Waals surface area contributed by atoms with Crippen LogP contribution in [0.1, 0.15) is 49.3 Å². The van der Waals surface area contributed by atoms with Crippen LogP contribution >= 0.6 is 0 Å². The molecule has 0 aliphatic heterocycles. The van der Waals surface area contributed by atoms with Gasteiger partial charge in [0.05, 0.1) is 37.2 Å². The number of amides is 1. The molecule has 20 aromatic rings. The highest BCUT2D eigenvalue weighted by Crippen LogP contribution is 2.38. The zero-order valence-corrected chi connectivity index (χ0v) is 71.6. The summed E-state index contributed by atoms with van der Waals surface area (Å²) < 4.78 is 51.6. The minimum Gasteiger partial charge on any atom is -0.341 e. The lowest BCUT2D eigenvalue weighted by atomic mass is 10.0. The van der Waals surface area contributed by atoms with Crippen molar-refractivity contribution in [1.29, 1.82) is 0 Å². The number of nitrogens with zero attached hydrogens (tertiary/aromatic N) is 12. The van der Waals surface area contributed by atoms with Crippen LogP contribution in [0.25, 0.3) is 139 Å². The Morgan fingerprint density at radius 3 is 0.992 bits per heavy atom. The zero-order valence-electron chi connectivity index (χ0n) is 71.6. The van der Waals surface area contributed by atoms with Crippen molar-refractivity contribution < 1.29 is 18.0 Å². The number of nitrogens with one attached hydrogen (secondary N) is 6. The van der Waals surface area contributed by atoms with Crippen LogP contribution in [0.3, 0.4) is 0 Å². The maximum Gasteiger partial charge on any atom is 0.275 e. The summed E-state index contributed by atoms with van der Waals surface area (Å²) in [6.45, 7) is 4.33. The zero-order chi connectivity index (χ0) is 90.3. The first-order valence-electron chi connectivity index (χ1n) is 42.1. The summed E-state index contributed by atoms with van der Waals surface area (Å²) in [5.74, 6) is -1.59. The van der Waals surface area contributed by atoms with E-state index < -0.39 is 11.6 Å². The van der Waals surface area contributed by atoms with Gasteiger partial charge in [0, 0.05) is 126 Å². The molecule has 1 amide bonds. The van der Waals surface area contributed by atoms with Gasteiger partial charge in [-0.05, 0) is 158 Å². The van der Waals surface area contributed by atoms with Gasteiger partial charge in [-0.2, -0.15) is 0 Å². The number of aromatic nitrogens is 15. The number of halogens is 3. The number of fused-ring (bicyclic) bond motifs is 5. The normalized spacial score (nSPS) is 11.1. The second-order valence-corrected chi connectivity index (χ2v) is 31.0. The molecule has 0 aliphatic rings. The summed E-state index contributed by atoms with van der Waals surface area (Å²) in [4.78, 5) is 113. The second-order valence-electron chi connectivity index (χ2n) is 31.0. The van der Waals surface area contributed by atoms with Gasteiger partial charge in [-0.3, -0.25) is 28.8 Å². The van der Waals surface area contributed by atoms with E-state index in [0.717, 1.165) is 94.0 Å². The Labute approximate surface area is 742 Å². The van der Waals surface area contributed by atoms with E-state index in [2.05, 4.69) is 117 Å². The molecular weight excluding hydrogens is 1640 g/mol. The molecule has 0 fully saturated rings. The van der Waals surface area contributed by atoms with Crippen molar-refractivity contribution in [3.05, 3.63) is 415 Å². The largest absolute Gasteiger partial charge is 0.341 e. The number of unbranched alkanes of at least 4 members (excludes halogenated alkanes) is 2. The standard InChI is InChI=1S/C26H28N4O2.C21H20N4O.C20H18N4O.C18H11F2N3O.C18H12FN3O/c1-3-4-6-14-23(31)29(2)16-19-10-9-11-20(15-19)22-17-30(21-12-7-5-8-13-21)25-24(22)27-18-28-26(25)32;1-24(2)12-15-7-6-8-16(11-15)18-13-25(17-9-4-3-5-10-17)20-19(18)22-14-23-21(20)26;1-21-11-14-6-5-7-15(10-14)17-12-24(16-8-3-2-4-9-16)19-18(17)22-13-23-20(19)25;19-13-7-4-8-14(20)15(13)12-9-23(11-5-2-1-3-6-11)17-16(12)21-10-22-18(17)24;19-15-9-5-4-8-13(15)14-10-22(12-6-2-1-3-7-12)17-16(14)20-11-21-18(17)23/h5,7-13,15,17-18H,3-4,6,14,16H2,1-2H3,(H,27,28,32);3-11,13-14H,12H2,1-2H3,(H,22,23,26);2-10,12-13,21H,11H2,1H3,(H,22,23,25);1-10H,(H,21,22,24);1-11H,(H,20,21,23). The average Bonchev–Trinajstić information content (AvgIpc) is 1.62. The van der Waals surface area contributed by atoms with Gasteiger partial charge in [0.25, 0.3) is 27.8 Å². The van der Waals surface area contributed by atoms with E-state index in [0.29, 0.717) is 73.9 Å². The van der Waals surface area contributed by atoms with Crippen LogP contribution in [-0.2, 0) is 24.4 Å². The Bertz CT molecular complexity index is 7710. The summed E-state index contributed by atoms with van der Waals surface area (Å²) >= 11 is 0. The van der Waals surface area contributed by atoms with Crippen molar-refractivity contribution in [1.82, 2.24) is 87.8 Å². The fourth-order valence-corrected chi connectivity index (χ4v) is 15.9. The van der Waals surface area contributed by atoms with Gasteiger partial charge < -0.3 is 62.9 Å². The Morgan fingerprint density at radius 2 is 0.638 bits per heavy atom. The molecular formula is C103H89F3N18O6. The highest BCUT2D eigenvalue weighted by Gasteiger charge is 2.25. The molecule has 0 aliphatic carbocycles. The van der Waals surface area contributed by atoms with E-state index >= 15 is 0 Å². The molecule has 0 bridgehead atoms. The van der Waals surface area contributed by atoms with Crippen LogP contribution in [0.15, 0.2) is 354 Å². The second kappa shape index (κ2) is 39.8. The molecule has 10 aromatic heterocycles. The van der Waals surface area contributed by atoms with Crippen LogP contribution in [0.5, 0.6) is 0 Å². The summed E-state index contributed by atoms with van der Waals surface area (Å²) in [6, 6.07) is 82.8. The molecule has 648 valence electrons. The molecule has 0 saturated heterocycles. The first-order chi connectivity index (χ1) is 63.4. The van der Waals surface area contributed by atoms with Crippen molar-refractivity contribution >= 4 is 61.1 Å². The molecule has 0 atom stereocenters. The quantitative estimate of drug-likeness (QED) is 0.0388. The number of hydrogen-bond acceptors (Lipinski definition) is 13. The molecule has 0 spiro atoms. The molecule has 0 radical (unpaired) electrons. The number of benzene rings is 10. The third kappa shape index (κ3) is 18.9. The van der Waals surface area contributed by atoms with Crippen LogP contribution in [0.2, 0.25) is 0 Å². The van der Waals surface area contributed by atoms with Crippen molar-refractivity contribution in [2.75, 3.05) is 28.2 Å². The molecule has 10 heterocycles. The van der Waals surface area contributed by atoms with E-state index in [4.69, 9.17) is 0 Å². The fourth-order valence-electron chi connectivity index (χ4n) is 15.9. The first-order valence-corrected chi connectivity index (χ1v) is 42.1. The maximum atomic E-state index is 14.2. The monoisotopic (exact) mass is 1730 g/mol. The lowest BCUT2D eigenvalue weighted by Crippen LogP contribution is -2.25. The Kier molecular flexibility index (Phi) is 26.6. The van der Waals surface area contributed by atoms with Gasteiger partial charge in [-0.15, -0.1) is 0 Å². The van der Waals surface area contributed by atoms with E-state index in [-0.39, 0.29) is 61.7 Å². The van der Waals surface area contributed by atoms with E-state index in [1.54, 1.807) is 50.6 Å². The predicted molar refractivity (Wildman–Crippen MR) is 506 cm³/mol. The number of rotatable bonds is 20. The third-order valence-corrected chi connectivity index (χ3v) is 21.9. The van der Waals surface area contributed by atoms with Crippen LogP contribution in [0.4, 0.5) is 13.2 Å². The highest BCUT2D eigenvalue weighted by atomic mass is 19.1. The van der Waals surface area contributed by atoms with E-state index in [1.165, 1.54) is 73.2 Å². The Morgan fingerprint density at radius 1 is 0.338 bits per heavy atom. The maximum absolute atomic E-state index is 14.2. The molecule has 6 N–H and O–H groups in total. The summed E-state index contributed by atoms with van der Waals surface area (Å²) in [6.07, 6.45) is 19.8. The highest BCUT2D eigenvalue weighted by molar-refractivity contribution is 5.98. The topological polar surface area (TPSA) is 289 Å². The molecule has 27 heteroatoms. The van der Waals surface area contributed by atoms with Gasteiger partial charge in [0.15, 0.2) is 0 Å². The van der Waals surface area contributed by atoms with E-state index in [9.17, 15) is 41.9 Å². The van der Waals surface area contributed by atoms with Crippen molar-refractivity contribution in [3.8, 4) is 84.1 Å². The average molecular weight is 1730 g/mol. The van der Waals surface area contributed by atoms with Gasteiger partial charge in [0.2, 0.25) is 5.91 Å². The Balaban J connectivity index is 0.000000119. The minimum absolute atomic E-state index is 0.144. The van der Waals surface area contributed by atoms with Crippen LogP contribution in [0, 0.1) is 17.5 Å². The lowest BCUT2D eigenvalue weighted by Gasteiger charge is -2.17.